The smallest absolute Gasteiger partial charge is 0.254 e. The summed E-state index contributed by atoms with van der Waals surface area (Å²) in [5.41, 5.74) is 4.41. The Balaban J connectivity index is 1.55. The minimum atomic E-state index is -0.265. The molecule has 0 unspecified atom stereocenters. The quantitative estimate of drug-likeness (QED) is 0.603. The molecule has 1 aliphatic rings. The van der Waals surface area contributed by atoms with Crippen LogP contribution in [0.15, 0.2) is 66.9 Å². The summed E-state index contributed by atoms with van der Waals surface area (Å²) in [6.45, 7) is 5.52. The molecule has 0 aliphatic carbocycles. The van der Waals surface area contributed by atoms with Crippen LogP contribution in [0.1, 0.15) is 40.1 Å². The third kappa shape index (κ3) is 5.03. The molecule has 2 amide bonds. The van der Waals surface area contributed by atoms with E-state index in [0.717, 1.165) is 22.5 Å². The summed E-state index contributed by atoms with van der Waals surface area (Å²) in [4.78, 5) is 33.9. The second-order valence-electron chi connectivity index (χ2n) is 8.43. The molecular formula is C27H30N4O3. The Morgan fingerprint density at radius 2 is 1.88 bits per heavy atom. The van der Waals surface area contributed by atoms with Crippen LogP contribution in [0.3, 0.4) is 0 Å². The van der Waals surface area contributed by atoms with Gasteiger partial charge in [-0.1, -0.05) is 30.3 Å². The normalized spacial score (nSPS) is 15.7. The number of aromatic nitrogens is 1. The SMILES string of the molecule is COc1ccccc1[C@H]1CN(C(=O)c2ccc(C)c(NCc3ccccn3)c2)CCN1C(C)=O. The number of hydrogen-bond acceptors (Lipinski definition) is 5. The number of piperazine rings is 1. The average Bonchev–Trinajstić information content (AvgIpc) is 2.88. The summed E-state index contributed by atoms with van der Waals surface area (Å²) in [5, 5.41) is 3.40. The molecule has 0 bridgehead atoms. The Bertz CT molecular complexity index is 1170. The van der Waals surface area contributed by atoms with E-state index < -0.39 is 0 Å². The van der Waals surface area contributed by atoms with Gasteiger partial charge in [-0.2, -0.15) is 0 Å². The molecule has 7 nitrogen and oxygen atoms in total. The predicted octanol–water partition coefficient (Wildman–Crippen LogP) is 4.06. The van der Waals surface area contributed by atoms with Gasteiger partial charge in [-0.25, -0.2) is 0 Å². The maximum Gasteiger partial charge on any atom is 0.254 e. The molecule has 1 aliphatic heterocycles. The molecule has 1 saturated heterocycles. The van der Waals surface area contributed by atoms with Crippen molar-refractivity contribution >= 4 is 17.5 Å². The van der Waals surface area contributed by atoms with Crippen molar-refractivity contribution in [3.8, 4) is 5.75 Å². The number of hydrogen-bond donors (Lipinski definition) is 1. The van der Waals surface area contributed by atoms with Crippen molar-refractivity contribution in [1.29, 1.82) is 0 Å². The summed E-state index contributed by atoms with van der Waals surface area (Å²) < 4.78 is 5.54. The molecule has 1 aromatic heterocycles. The number of anilines is 1. The Morgan fingerprint density at radius 1 is 1.09 bits per heavy atom. The zero-order chi connectivity index (χ0) is 24.1. The van der Waals surface area contributed by atoms with E-state index in [2.05, 4.69) is 10.3 Å². The van der Waals surface area contributed by atoms with Crippen LogP contribution in [-0.4, -0.2) is 53.3 Å². The van der Waals surface area contributed by atoms with Crippen LogP contribution >= 0.6 is 0 Å². The molecule has 2 heterocycles. The summed E-state index contributed by atoms with van der Waals surface area (Å²) >= 11 is 0. The minimum absolute atomic E-state index is 0.0145. The molecule has 1 N–H and O–H groups in total. The summed E-state index contributed by atoms with van der Waals surface area (Å²) in [6, 6.07) is 18.9. The largest absolute Gasteiger partial charge is 0.496 e. The van der Waals surface area contributed by atoms with Gasteiger partial charge in [-0.15, -0.1) is 0 Å². The van der Waals surface area contributed by atoms with E-state index in [1.807, 2.05) is 77.4 Å². The van der Waals surface area contributed by atoms with E-state index in [9.17, 15) is 9.59 Å². The van der Waals surface area contributed by atoms with Gasteiger partial charge in [0.2, 0.25) is 5.91 Å². The number of para-hydroxylation sites is 1. The van der Waals surface area contributed by atoms with Gasteiger partial charge in [0.15, 0.2) is 0 Å². The second kappa shape index (κ2) is 10.4. The first kappa shape index (κ1) is 23.3. The van der Waals surface area contributed by atoms with Gasteiger partial charge >= 0.3 is 0 Å². The number of nitrogens with one attached hydrogen (secondary N) is 1. The minimum Gasteiger partial charge on any atom is -0.496 e. The van der Waals surface area contributed by atoms with Gasteiger partial charge in [0, 0.05) is 49.6 Å². The number of rotatable bonds is 6. The highest BCUT2D eigenvalue weighted by Crippen LogP contribution is 2.33. The van der Waals surface area contributed by atoms with Gasteiger partial charge in [-0.05, 0) is 42.8 Å². The first-order chi connectivity index (χ1) is 16.5. The number of amides is 2. The third-order valence-electron chi connectivity index (χ3n) is 6.24. The number of aryl methyl sites for hydroxylation is 1. The molecule has 176 valence electrons. The lowest BCUT2D eigenvalue weighted by atomic mass is 10.00. The maximum atomic E-state index is 13.5. The number of methoxy groups -OCH3 is 1. The number of pyridine rings is 1. The van der Waals surface area contributed by atoms with Crippen molar-refractivity contribution < 1.29 is 14.3 Å². The highest BCUT2D eigenvalue weighted by atomic mass is 16.5. The lowest BCUT2D eigenvalue weighted by Crippen LogP contribution is -2.51. The molecule has 1 fully saturated rings. The van der Waals surface area contributed by atoms with Gasteiger partial charge in [0.1, 0.15) is 5.75 Å². The average molecular weight is 459 g/mol. The maximum absolute atomic E-state index is 13.5. The van der Waals surface area contributed by atoms with Crippen LogP contribution in [0.5, 0.6) is 5.75 Å². The molecule has 3 aromatic rings. The van der Waals surface area contributed by atoms with E-state index in [1.165, 1.54) is 0 Å². The lowest BCUT2D eigenvalue weighted by Gasteiger charge is -2.41. The topological polar surface area (TPSA) is 74.8 Å². The van der Waals surface area contributed by atoms with E-state index >= 15 is 0 Å². The lowest BCUT2D eigenvalue weighted by molar-refractivity contribution is -0.133. The van der Waals surface area contributed by atoms with Crippen LogP contribution in [0.4, 0.5) is 5.69 Å². The molecular weight excluding hydrogens is 428 g/mol. The number of carbonyl (C=O) groups is 2. The van der Waals surface area contributed by atoms with Crippen molar-refractivity contribution in [2.75, 3.05) is 32.1 Å². The monoisotopic (exact) mass is 458 g/mol. The molecule has 4 rings (SSSR count). The van der Waals surface area contributed by atoms with E-state index in [4.69, 9.17) is 4.74 Å². The van der Waals surface area contributed by atoms with E-state index in [0.29, 0.717) is 37.5 Å². The van der Waals surface area contributed by atoms with Crippen molar-refractivity contribution in [2.45, 2.75) is 26.4 Å². The Hall–Kier alpha value is -3.87. The molecule has 34 heavy (non-hydrogen) atoms. The summed E-state index contributed by atoms with van der Waals surface area (Å²) in [6.07, 6.45) is 1.77. The Kier molecular flexibility index (Phi) is 7.11. The van der Waals surface area contributed by atoms with Crippen molar-refractivity contribution in [2.24, 2.45) is 0 Å². The Morgan fingerprint density at radius 3 is 2.62 bits per heavy atom. The van der Waals surface area contributed by atoms with E-state index in [1.54, 1.807) is 20.2 Å². The third-order valence-corrected chi connectivity index (χ3v) is 6.24. The molecule has 0 radical (unpaired) electrons. The van der Waals surface area contributed by atoms with Crippen LogP contribution in [-0.2, 0) is 11.3 Å². The second-order valence-corrected chi connectivity index (χ2v) is 8.43. The Labute approximate surface area is 200 Å². The fourth-order valence-electron chi connectivity index (χ4n) is 4.37. The zero-order valence-corrected chi connectivity index (χ0v) is 19.8. The number of nitrogens with zero attached hydrogens (tertiary/aromatic N) is 3. The predicted molar refractivity (Wildman–Crippen MR) is 132 cm³/mol. The van der Waals surface area contributed by atoms with Crippen LogP contribution in [0.25, 0.3) is 0 Å². The molecule has 2 aromatic carbocycles. The fraction of sp³-hybridized carbons (Fsp3) is 0.296. The van der Waals surface area contributed by atoms with Crippen LogP contribution in [0.2, 0.25) is 0 Å². The van der Waals surface area contributed by atoms with Gasteiger partial charge < -0.3 is 19.9 Å². The molecule has 0 spiro atoms. The zero-order valence-electron chi connectivity index (χ0n) is 19.8. The van der Waals surface area contributed by atoms with Gasteiger partial charge in [0.25, 0.3) is 5.91 Å². The van der Waals surface area contributed by atoms with Gasteiger partial charge in [-0.3, -0.25) is 14.6 Å². The van der Waals surface area contributed by atoms with Crippen molar-refractivity contribution in [3.63, 3.8) is 0 Å². The first-order valence-electron chi connectivity index (χ1n) is 11.4. The standard InChI is InChI=1S/C27H30N4O3/c1-19-11-12-21(16-24(19)29-17-22-8-6-7-13-28-22)27(33)30-14-15-31(20(2)32)25(18-30)23-9-4-5-10-26(23)34-3/h4-13,16,25,29H,14-15,17-18H2,1-3H3/t25-/m1/s1. The number of benzene rings is 2. The van der Waals surface area contributed by atoms with E-state index in [-0.39, 0.29) is 17.9 Å². The first-order valence-corrected chi connectivity index (χ1v) is 11.4. The number of ether oxygens (including phenoxy) is 1. The summed E-state index contributed by atoms with van der Waals surface area (Å²) in [5.74, 6) is 0.646. The van der Waals surface area contributed by atoms with Gasteiger partial charge in [0.05, 0.1) is 25.4 Å². The molecule has 1 atom stereocenters. The summed E-state index contributed by atoms with van der Waals surface area (Å²) in [7, 11) is 1.62. The highest BCUT2D eigenvalue weighted by Gasteiger charge is 2.34. The van der Waals surface area contributed by atoms with Crippen LogP contribution < -0.4 is 10.1 Å². The van der Waals surface area contributed by atoms with Crippen molar-refractivity contribution in [3.05, 3.63) is 89.2 Å². The molecule has 0 saturated carbocycles. The molecule has 7 heteroatoms. The number of carbonyl (C=O) groups excluding carboxylic acids is 2. The highest BCUT2D eigenvalue weighted by molar-refractivity contribution is 5.95. The van der Waals surface area contributed by atoms with Crippen molar-refractivity contribution in [1.82, 2.24) is 14.8 Å². The van der Waals surface area contributed by atoms with Crippen LogP contribution in [0, 0.1) is 6.92 Å². The fourth-order valence-corrected chi connectivity index (χ4v) is 4.37.